The summed E-state index contributed by atoms with van der Waals surface area (Å²) >= 11 is 0. The lowest BCUT2D eigenvalue weighted by Crippen LogP contribution is -2.41. The molecule has 0 radical (unpaired) electrons. The highest BCUT2D eigenvalue weighted by Crippen LogP contribution is 2.27. The van der Waals surface area contributed by atoms with Crippen LogP contribution in [-0.4, -0.2) is 40.2 Å². The monoisotopic (exact) mass is 304 g/mol. The predicted octanol–water partition coefficient (Wildman–Crippen LogP) is 1.79. The molecule has 3 rings (SSSR count). The van der Waals surface area contributed by atoms with Gasteiger partial charge in [0.25, 0.3) is 11.8 Å². The number of fused-ring (bicyclic) bond motifs is 1. The molecule has 1 aliphatic heterocycles. The van der Waals surface area contributed by atoms with E-state index in [4.69, 9.17) is 9.94 Å². The van der Waals surface area contributed by atoms with E-state index < -0.39 is 17.9 Å². The van der Waals surface area contributed by atoms with E-state index in [0.717, 1.165) is 5.06 Å². The van der Waals surface area contributed by atoms with Crippen molar-refractivity contribution in [2.24, 2.45) is 0 Å². The van der Waals surface area contributed by atoms with Crippen molar-refractivity contribution in [2.45, 2.75) is 37.8 Å². The van der Waals surface area contributed by atoms with Crippen LogP contribution in [0, 0.1) is 0 Å². The number of benzene rings is 1. The smallest absolute Gasteiger partial charge is 0.404 e. The molecule has 3 amide bonds. The lowest BCUT2D eigenvalue weighted by molar-refractivity contribution is -0.142. The number of amides is 3. The summed E-state index contributed by atoms with van der Waals surface area (Å²) in [5.41, 5.74) is 0.711. The number of rotatable bonds is 3. The summed E-state index contributed by atoms with van der Waals surface area (Å²) in [6.07, 6.45) is 1.15. The minimum Gasteiger partial charge on any atom is -0.465 e. The SMILES string of the molecule is O=C(O)NC1CCC(ON2C(=O)c3ccccc3C2=O)CC1. The molecule has 0 unspecified atom stereocenters. The molecule has 0 saturated heterocycles. The van der Waals surface area contributed by atoms with Crippen LogP contribution in [-0.2, 0) is 4.84 Å². The van der Waals surface area contributed by atoms with Crippen LogP contribution in [0.5, 0.6) is 0 Å². The van der Waals surface area contributed by atoms with Crippen molar-refractivity contribution >= 4 is 17.9 Å². The first kappa shape index (κ1) is 14.5. The fourth-order valence-corrected chi connectivity index (χ4v) is 2.90. The maximum Gasteiger partial charge on any atom is 0.404 e. The van der Waals surface area contributed by atoms with Crippen molar-refractivity contribution in [1.29, 1.82) is 0 Å². The Balaban J connectivity index is 1.61. The van der Waals surface area contributed by atoms with Crippen molar-refractivity contribution < 1.29 is 24.3 Å². The predicted molar refractivity (Wildman–Crippen MR) is 75.2 cm³/mol. The molecule has 2 N–H and O–H groups in total. The number of nitrogens with one attached hydrogen (secondary N) is 1. The summed E-state index contributed by atoms with van der Waals surface area (Å²) < 4.78 is 0. The second-order valence-corrected chi connectivity index (χ2v) is 5.48. The molecular formula is C15H16N2O5. The van der Waals surface area contributed by atoms with E-state index in [1.807, 2.05) is 0 Å². The normalized spacial score (nSPS) is 24.3. The van der Waals surface area contributed by atoms with Crippen LogP contribution < -0.4 is 5.32 Å². The molecule has 116 valence electrons. The van der Waals surface area contributed by atoms with Gasteiger partial charge in [0, 0.05) is 6.04 Å². The van der Waals surface area contributed by atoms with Crippen molar-refractivity contribution in [3.63, 3.8) is 0 Å². The van der Waals surface area contributed by atoms with Crippen molar-refractivity contribution in [3.05, 3.63) is 35.4 Å². The number of nitrogens with zero attached hydrogens (tertiary/aromatic N) is 1. The van der Waals surface area contributed by atoms with E-state index in [9.17, 15) is 14.4 Å². The molecule has 0 aromatic heterocycles. The van der Waals surface area contributed by atoms with Crippen LogP contribution in [0.2, 0.25) is 0 Å². The molecular weight excluding hydrogens is 288 g/mol. The van der Waals surface area contributed by atoms with Crippen molar-refractivity contribution in [1.82, 2.24) is 10.4 Å². The fraction of sp³-hybridized carbons (Fsp3) is 0.400. The van der Waals surface area contributed by atoms with Gasteiger partial charge in [-0.2, -0.15) is 0 Å². The maximum absolute atomic E-state index is 12.2. The van der Waals surface area contributed by atoms with Crippen molar-refractivity contribution in [3.8, 4) is 0 Å². The van der Waals surface area contributed by atoms with Gasteiger partial charge >= 0.3 is 6.09 Å². The Hall–Kier alpha value is -2.41. The summed E-state index contributed by atoms with van der Waals surface area (Å²) in [7, 11) is 0. The van der Waals surface area contributed by atoms with Gasteiger partial charge in [0.1, 0.15) is 0 Å². The molecule has 1 aromatic carbocycles. The van der Waals surface area contributed by atoms with Crippen molar-refractivity contribution in [2.75, 3.05) is 0 Å². The molecule has 22 heavy (non-hydrogen) atoms. The van der Waals surface area contributed by atoms with Gasteiger partial charge in [0.05, 0.1) is 17.2 Å². The van der Waals surface area contributed by atoms with Gasteiger partial charge in [-0.3, -0.25) is 14.4 Å². The Bertz CT molecular complexity index is 587. The quantitative estimate of drug-likeness (QED) is 0.830. The fourth-order valence-electron chi connectivity index (χ4n) is 2.90. The zero-order valence-electron chi connectivity index (χ0n) is 11.8. The number of carbonyl (C=O) groups excluding carboxylic acids is 2. The minimum absolute atomic E-state index is 0.0977. The molecule has 1 fully saturated rings. The zero-order valence-corrected chi connectivity index (χ0v) is 11.8. The van der Waals surface area contributed by atoms with E-state index in [-0.39, 0.29) is 12.1 Å². The maximum atomic E-state index is 12.2. The highest BCUT2D eigenvalue weighted by Gasteiger charge is 2.38. The first-order chi connectivity index (χ1) is 10.6. The van der Waals surface area contributed by atoms with Crippen LogP contribution in [0.3, 0.4) is 0 Å². The van der Waals surface area contributed by atoms with E-state index in [0.29, 0.717) is 36.8 Å². The Morgan fingerprint density at radius 3 is 2.14 bits per heavy atom. The van der Waals surface area contributed by atoms with E-state index >= 15 is 0 Å². The lowest BCUT2D eigenvalue weighted by atomic mass is 9.93. The minimum atomic E-state index is -1.04. The topological polar surface area (TPSA) is 95.9 Å². The third-order valence-corrected chi connectivity index (χ3v) is 4.01. The van der Waals surface area contributed by atoms with Crippen LogP contribution in [0.25, 0.3) is 0 Å². The number of imide groups is 1. The molecule has 0 bridgehead atoms. The Morgan fingerprint density at radius 2 is 1.64 bits per heavy atom. The highest BCUT2D eigenvalue weighted by atomic mass is 16.7. The molecule has 7 nitrogen and oxygen atoms in total. The van der Waals surface area contributed by atoms with Crippen LogP contribution in [0.1, 0.15) is 46.4 Å². The van der Waals surface area contributed by atoms with E-state index in [1.54, 1.807) is 24.3 Å². The van der Waals surface area contributed by atoms with E-state index in [2.05, 4.69) is 5.32 Å². The Kier molecular flexibility index (Phi) is 3.81. The number of hydrogen-bond donors (Lipinski definition) is 2. The zero-order chi connectivity index (χ0) is 15.7. The lowest BCUT2D eigenvalue weighted by Gasteiger charge is -2.29. The average Bonchev–Trinajstić information content (AvgIpc) is 2.74. The second kappa shape index (κ2) is 5.76. The first-order valence-corrected chi connectivity index (χ1v) is 7.20. The second-order valence-electron chi connectivity index (χ2n) is 5.48. The summed E-state index contributed by atoms with van der Waals surface area (Å²) in [4.78, 5) is 40.5. The van der Waals surface area contributed by atoms with Crippen LogP contribution in [0.4, 0.5) is 4.79 Å². The largest absolute Gasteiger partial charge is 0.465 e. The van der Waals surface area contributed by atoms with Gasteiger partial charge in [-0.15, -0.1) is 5.06 Å². The van der Waals surface area contributed by atoms with E-state index in [1.165, 1.54) is 0 Å². The molecule has 1 aromatic rings. The van der Waals surface area contributed by atoms with Gasteiger partial charge < -0.3 is 10.4 Å². The van der Waals surface area contributed by atoms with Gasteiger partial charge in [-0.25, -0.2) is 4.79 Å². The number of carboxylic acid groups (broad SMARTS) is 1. The van der Waals surface area contributed by atoms with Gasteiger partial charge in [0.15, 0.2) is 0 Å². The van der Waals surface area contributed by atoms with Crippen LogP contribution >= 0.6 is 0 Å². The van der Waals surface area contributed by atoms with Crippen LogP contribution in [0.15, 0.2) is 24.3 Å². The average molecular weight is 304 g/mol. The highest BCUT2D eigenvalue weighted by molar-refractivity contribution is 6.20. The molecule has 1 aliphatic carbocycles. The Labute approximate surface area is 126 Å². The molecule has 1 saturated carbocycles. The summed E-state index contributed by atoms with van der Waals surface area (Å²) in [6.45, 7) is 0. The third-order valence-electron chi connectivity index (χ3n) is 4.01. The molecule has 2 aliphatic rings. The van der Waals surface area contributed by atoms with Gasteiger partial charge in [0.2, 0.25) is 0 Å². The molecule has 1 heterocycles. The van der Waals surface area contributed by atoms with Gasteiger partial charge in [-0.05, 0) is 37.8 Å². The summed E-state index contributed by atoms with van der Waals surface area (Å²) in [5.74, 6) is -0.877. The number of carbonyl (C=O) groups is 3. The number of hydrogen-bond acceptors (Lipinski definition) is 4. The third kappa shape index (κ3) is 2.67. The summed E-state index contributed by atoms with van der Waals surface area (Å²) in [5, 5.41) is 12.0. The first-order valence-electron chi connectivity index (χ1n) is 7.20. The number of hydroxylamine groups is 2. The molecule has 0 atom stereocenters. The Morgan fingerprint density at radius 1 is 1.09 bits per heavy atom. The summed E-state index contributed by atoms with van der Waals surface area (Å²) in [6, 6.07) is 6.52. The van der Waals surface area contributed by atoms with Gasteiger partial charge in [-0.1, -0.05) is 12.1 Å². The molecule has 7 heteroatoms. The standard InChI is InChI=1S/C15H16N2O5/c18-13-11-3-1-2-4-12(11)14(19)17(13)22-10-7-5-9(6-8-10)16-15(20)21/h1-4,9-10,16H,5-8H2,(H,20,21). The molecule has 0 spiro atoms.